The Morgan fingerprint density at radius 1 is 1.26 bits per heavy atom. The van der Waals surface area contributed by atoms with E-state index in [2.05, 4.69) is 0 Å². The SMILES string of the molecule is CC(C)(C)CS(=O)(=O)N1CCC2(O)CCCCC2C1. The minimum atomic E-state index is -3.20. The molecule has 2 unspecified atom stereocenters. The van der Waals surface area contributed by atoms with Crippen LogP contribution in [0.15, 0.2) is 0 Å². The van der Waals surface area contributed by atoms with E-state index in [1.165, 1.54) is 0 Å². The van der Waals surface area contributed by atoms with Crippen LogP contribution in [0.3, 0.4) is 0 Å². The average Bonchev–Trinajstić information content (AvgIpc) is 2.24. The van der Waals surface area contributed by atoms with Crippen LogP contribution < -0.4 is 0 Å². The number of nitrogens with zero attached hydrogens (tertiary/aromatic N) is 1. The van der Waals surface area contributed by atoms with E-state index in [0.717, 1.165) is 25.7 Å². The van der Waals surface area contributed by atoms with Crippen LogP contribution >= 0.6 is 0 Å². The van der Waals surface area contributed by atoms with E-state index in [1.807, 2.05) is 20.8 Å². The van der Waals surface area contributed by atoms with Crippen molar-refractivity contribution in [2.24, 2.45) is 11.3 Å². The Hall–Kier alpha value is -0.130. The van der Waals surface area contributed by atoms with Crippen LogP contribution in [0, 0.1) is 11.3 Å². The number of sulfonamides is 1. The van der Waals surface area contributed by atoms with Gasteiger partial charge in [0.2, 0.25) is 10.0 Å². The molecule has 0 aromatic rings. The van der Waals surface area contributed by atoms with Gasteiger partial charge in [-0.1, -0.05) is 33.6 Å². The lowest BCUT2D eigenvalue weighted by atomic mass is 9.72. The molecule has 19 heavy (non-hydrogen) atoms. The van der Waals surface area contributed by atoms with Gasteiger partial charge in [0.05, 0.1) is 11.4 Å². The lowest BCUT2D eigenvalue weighted by Gasteiger charge is -2.47. The Kier molecular flexibility index (Phi) is 4.02. The van der Waals surface area contributed by atoms with E-state index in [1.54, 1.807) is 4.31 Å². The topological polar surface area (TPSA) is 57.6 Å². The highest BCUT2D eigenvalue weighted by atomic mass is 32.2. The third-order valence-corrected chi connectivity index (χ3v) is 6.75. The van der Waals surface area contributed by atoms with E-state index in [0.29, 0.717) is 19.5 Å². The minimum Gasteiger partial charge on any atom is -0.390 e. The highest BCUT2D eigenvalue weighted by Crippen LogP contribution is 2.40. The lowest BCUT2D eigenvalue weighted by molar-refractivity contribution is -0.0817. The first kappa shape index (κ1) is 15.3. The Morgan fingerprint density at radius 3 is 2.58 bits per heavy atom. The normalized spacial score (nSPS) is 34.0. The van der Waals surface area contributed by atoms with Gasteiger partial charge in [0.15, 0.2) is 0 Å². The second-order valence-corrected chi connectivity index (χ2v) is 9.44. The molecule has 1 saturated carbocycles. The molecule has 1 aliphatic carbocycles. The summed E-state index contributed by atoms with van der Waals surface area (Å²) in [7, 11) is -3.20. The first-order valence-corrected chi connectivity index (χ1v) is 8.94. The largest absolute Gasteiger partial charge is 0.390 e. The molecule has 0 amide bonds. The van der Waals surface area contributed by atoms with Crippen molar-refractivity contribution in [2.45, 2.75) is 58.5 Å². The van der Waals surface area contributed by atoms with Crippen molar-refractivity contribution in [3.63, 3.8) is 0 Å². The molecule has 2 rings (SSSR count). The number of aliphatic hydroxyl groups is 1. The van der Waals surface area contributed by atoms with E-state index in [9.17, 15) is 13.5 Å². The van der Waals surface area contributed by atoms with E-state index in [4.69, 9.17) is 0 Å². The molecule has 1 heterocycles. The molecule has 112 valence electrons. The minimum absolute atomic E-state index is 0.129. The van der Waals surface area contributed by atoms with Gasteiger partial charge in [0, 0.05) is 19.0 Å². The van der Waals surface area contributed by atoms with Crippen LogP contribution in [0.25, 0.3) is 0 Å². The maximum atomic E-state index is 12.4. The summed E-state index contributed by atoms with van der Waals surface area (Å²) in [4.78, 5) is 0. The molecule has 2 atom stereocenters. The number of fused-ring (bicyclic) bond motifs is 1. The van der Waals surface area contributed by atoms with Gasteiger partial charge in [0.1, 0.15) is 0 Å². The quantitative estimate of drug-likeness (QED) is 0.846. The van der Waals surface area contributed by atoms with Crippen LogP contribution in [0.4, 0.5) is 0 Å². The molecular weight excluding hydrogens is 262 g/mol. The first-order chi connectivity index (χ1) is 8.62. The summed E-state index contributed by atoms with van der Waals surface area (Å²) in [5.41, 5.74) is -0.828. The fraction of sp³-hybridized carbons (Fsp3) is 1.00. The smallest absolute Gasteiger partial charge is 0.214 e. The van der Waals surface area contributed by atoms with E-state index >= 15 is 0 Å². The predicted molar refractivity (Wildman–Crippen MR) is 76.3 cm³/mol. The van der Waals surface area contributed by atoms with Gasteiger partial charge in [-0.2, -0.15) is 0 Å². The van der Waals surface area contributed by atoms with Crippen LogP contribution in [0.5, 0.6) is 0 Å². The summed E-state index contributed by atoms with van der Waals surface area (Å²) < 4.78 is 26.5. The van der Waals surface area contributed by atoms with Gasteiger partial charge in [-0.3, -0.25) is 0 Å². The molecule has 1 saturated heterocycles. The third kappa shape index (κ3) is 3.50. The Balaban J connectivity index is 2.08. The molecule has 1 aliphatic heterocycles. The van der Waals surface area contributed by atoms with Crippen molar-refractivity contribution in [2.75, 3.05) is 18.8 Å². The Bertz CT molecular complexity index is 426. The monoisotopic (exact) mass is 289 g/mol. The molecule has 0 aromatic carbocycles. The van der Waals surface area contributed by atoms with Crippen LogP contribution in [-0.2, 0) is 10.0 Å². The van der Waals surface area contributed by atoms with Crippen molar-refractivity contribution in [1.29, 1.82) is 0 Å². The summed E-state index contributed by atoms with van der Waals surface area (Å²) in [5.74, 6) is 0.315. The van der Waals surface area contributed by atoms with Gasteiger partial charge in [0.25, 0.3) is 0 Å². The lowest BCUT2D eigenvalue weighted by Crippen LogP contribution is -2.55. The molecule has 2 aliphatic rings. The Morgan fingerprint density at radius 2 is 1.95 bits per heavy atom. The molecule has 0 radical (unpaired) electrons. The second-order valence-electron chi connectivity index (χ2n) is 7.47. The van der Waals surface area contributed by atoms with Crippen molar-refractivity contribution >= 4 is 10.0 Å². The summed E-state index contributed by atoms with van der Waals surface area (Å²) in [6.07, 6.45) is 4.58. The summed E-state index contributed by atoms with van der Waals surface area (Å²) >= 11 is 0. The van der Waals surface area contributed by atoms with Crippen LogP contribution in [-0.4, -0.2) is 42.3 Å². The van der Waals surface area contributed by atoms with Crippen LogP contribution in [0.2, 0.25) is 0 Å². The molecule has 2 fully saturated rings. The fourth-order valence-electron chi connectivity index (χ4n) is 3.43. The van der Waals surface area contributed by atoms with Gasteiger partial charge in [-0.25, -0.2) is 12.7 Å². The zero-order valence-corrected chi connectivity index (χ0v) is 13.2. The highest BCUT2D eigenvalue weighted by molar-refractivity contribution is 7.89. The number of piperidine rings is 1. The van der Waals surface area contributed by atoms with Crippen LogP contribution in [0.1, 0.15) is 52.9 Å². The maximum Gasteiger partial charge on any atom is 0.214 e. The number of hydrogen-bond donors (Lipinski definition) is 1. The highest BCUT2D eigenvalue weighted by Gasteiger charge is 2.45. The van der Waals surface area contributed by atoms with Crippen molar-refractivity contribution in [1.82, 2.24) is 4.31 Å². The number of hydrogen-bond acceptors (Lipinski definition) is 3. The Labute approximate surface area is 117 Å². The zero-order chi connectivity index (χ0) is 14.3. The first-order valence-electron chi connectivity index (χ1n) is 7.33. The van der Waals surface area contributed by atoms with Crippen molar-refractivity contribution < 1.29 is 13.5 Å². The molecule has 0 spiro atoms. The van der Waals surface area contributed by atoms with Gasteiger partial charge in [-0.05, 0) is 24.7 Å². The summed E-state index contributed by atoms with van der Waals surface area (Å²) in [5, 5.41) is 10.6. The second kappa shape index (κ2) is 5.01. The van der Waals surface area contributed by atoms with Gasteiger partial charge >= 0.3 is 0 Å². The number of rotatable bonds is 2. The van der Waals surface area contributed by atoms with E-state index < -0.39 is 15.6 Å². The molecule has 0 bridgehead atoms. The van der Waals surface area contributed by atoms with Crippen molar-refractivity contribution in [3.05, 3.63) is 0 Å². The summed E-state index contributed by atoms with van der Waals surface area (Å²) in [6, 6.07) is 0. The van der Waals surface area contributed by atoms with Gasteiger partial charge in [-0.15, -0.1) is 0 Å². The molecule has 5 heteroatoms. The molecule has 4 nitrogen and oxygen atoms in total. The molecular formula is C14H27NO3S. The predicted octanol–water partition coefficient (Wildman–Crippen LogP) is 1.99. The molecule has 1 N–H and O–H groups in total. The zero-order valence-electron chi connectivity index (χ0n) is 12.4. The standard InChI is InChI=1S/C14H27NO3S/c1-13(2,3)11-19(17,18)15-9-8-14(16)7-5-4-6-12(14)10-15/h12,16H,4-11H2,1-3H3. The third-order valence-electron chi connectivity index (χ3n) is 4.40. The van der Waals surface area contributed by atoms with Crippen molar-refractivity contribution in [3.8, 4) is 0 Å². The van der Waals surface area contributed by atoms with E-state index in [-0.39, 0.29) is 17.1 Å². The fourth-order valence-corrected chi connectivity index (χ4v) is 5.49. The average molecular weight is 289 g/mol. The maximum absolute atomic E-state index is 12.4. The molecule has 0 aromatic heterocycles. The summed E-state index contributed by atoms with van der Waals surface area (Å²) in [6.45, 7) is 6.84. The van der Waals surface area contributed by atoms with Gasteiger partial charge < -0.3 is 5.11 Å².